The Morgan fingerprint density at radius 3 is 1.38 bits per heavy atom. The molecule has 0 fully saturated rings. The van der Waals surface area contributed by atoms with Crippen molar-refractivity contribution in [3.63, 3.8) is 0 Å². The van der Waals surface area contributed by atoms with Crippen LogP contribution >= 0.6 is 0 Å². The van der Waals surface area contributed by atoms with E-state index in [-0.39, 0.29) is 11.9 Å². The van der Waals surface area contributed by atoms with Crippen molar-refractivity contribution in [3.05, 3.63) is 24.3 Å². The molecule has 3 aliphatic carbocycles. The Kier molecular flexibility index (Phi) is 2.37. The molecule has 0 N–H and O–H groups in total. The fourth-order valence-electron chi connectivity index (χ4n) is 2.31. The molecule has 0 aromatic heterocycles. The molecule has 0 aliphatic heterocycles. The van der Waals surface area contributed by atoms with Crippen LogP contribution in [0.2, 0.25) is 0 Å². The van der Waals surface area contributed by atoms with Gasteiger partial charge in [-0.05, 0) is 12.8 Å². The summed E-state index contributed by atoms with van der Waals surface area (Å²) in [4.78, 5) is 23.3. The van der Waals surface area contributed by atoms with E-state index in [1.165, 1.54) is 14.2 Å². The van der Waals surface area contributed by atoms with Gasteiger partial charge in [0, 0.05) is 0 Å². The number of esters is 2. The second-order valence-electron chi connectivity index (χ2n) is 4.23. The van der Waals surface area contributed by atoms with Crippen molar-refractivity contribution in [2.24, 2.45) is 10.8 Å². The number of ether oxygens (including phenoxy) is 2. The monoisotopic (exact) mass is 222 g/mol. The predicted molar refractivity (Wildman–Crippen MR) is 56.4 cm³/mol. The summed E-state index contributed by atoms with van der Waals surface area (Å²) in [5.74, 6) is -0.559. The molecule has 0 saturated heterocycles. The predicted octanol–water partition coefficient (Wildman–Crippen LogP) is 1.22. The van der Waals surface area contributed by atoms with Crippen LogP contribution in [0.5, 0.6) is 0 Å². The number of fused-ring (bicyclic) bond motifs is 1. The van der Waals surface area contributed by atoms with Crippen molar-refractivity contribution in [3.8, 4) is 0 Å². The minimum Gasteiger partial charge on any atom is -0.468 e. The zero-order valence-electron chi connectivity index (χ0n) is 9.36. The molecule has 0 aromatic rings. The van der Waals surface area contributed by atoms with E-state index in [4.69, 9.17) is 9.47 Å². The summed E-state index contributed by atoms with van der Waals surface area (Å²) >= 11 is 0. The lowest BCUT2D eigenvalue weighted by atomic mass is 9.63. The van der Waals surface area contributed by atoms with E-state index < -0.39 is 10.8 Å². The highest BCUT2D eigenvalue weighted by Crippen LogP contribution is 2.48. The SMILES string of the molecule is COC(=O)C12C=CC(C(=O)OC)(C=C1)CC2. The number of hydrogen-bond acceptors (Lipinski definition) is 4. The van der Waals surface area contributed by atoms with Crippen LogP contribution in [0.4, 0.5) is 0 Å². The van der Waals surface area contributed by atoms with Gasteiger partial charge in [0.2, 0.25) is 0 Å². The highest BCUT2D eigenvalue weighted by Gasteiger charge is 2.49. The lowest BCUT2D eigenvalue weighted by molar-refractivity contribution is -0.153. The van der Waals surface area contributed by atoms with Gasteiger partial charge in [-0.1, -0.05) is 24.3 Å². The fourth-order valence-corrected chi connectivity index (χ4v) is 2.31. The molecule has 16 heavy (non-hydrogen) atoms. The van der Waals surface area contributed by atoms with Crippen LogP contribution in [0.25, 0.3) is 0 Å². The van der Waals surface area contributed by atoms with Crippen molar-refractivity contribution in [1.29, 1.82) is 0 Å². The van der Waals surface area contributed by atoms with Crippen molar-refractivity contribution < 1.29 is 19.1 Å². The summed E-state index contributed by atoms with van der Waals surface area (Å²) < 4.78 is 9.54. The molecule has 86 valence electrons. The van der Waals surface area contributed by atoms with Gasteiger partial charge in [-0.3, -0.25) is 9.59 Å². The maximum absolute atomic E-state index is 11.6. The lowest BCUT2D eigenvalue weighted by Gasteiger charge is -2.40. The van der Waals surface area contributed by atoms with Crippen LogP contribution in [0, 0.1) is 10.8 Å². The van der Waals surface area contributed by atoms with Crippen molar-refractivity contribution in [2.45, 2.75) is 12.8 Å². The Labute approximate surface area is 93.9 Å². The second-order valence-corrected chi connectivity index (χ2v) is 4.23. The number of hydrogen-bond donors (Lipinski definition) is 0. The van der Waals surface area contributed by atoms with Gasteiger partial charge in [-0.15, -0.1) is 0 Å². The molecule has 0 atom stereocenters. The van der Waals surface area contributed by atoms with E-state index >= 15 is 0 Å². The molecule has 0 heterocycles. The number of methoxy groups -OCH3 is 2. The van der Waals surface area contributed by atoms with E-state index in [0.29, 0.717) is 12.8 Å². The lowest BCUT2D eigenvalue weighted by Crippen LogP contribution is -2.42. The molecule has 3 aliphatic rings. The first-order chi connectivity index (χ1) is 7.58. The zero-order valence-corrected chi connectivity index (χ0v) is 9.36. The third-order valence-electron chi connectivity index (χ3n) is 3.44. The summed E-state index contributed by atoms with van der Waals surface area (Å²) in [5.41, 5.74) is -1.35. The fraction of sp³-hybridized carbons (Fsp3) is 0.500. The van der Waals surface area contributed by atoms with Gasteiger partial charge >= 0.3 is 11.9 Å². The minimum atomic E-state index is -0.676. The Bertz CT molecular complexity index is 342. The summed E-state index contributed by atoms with van der Waals surface area (Å²) in [6.07, 6.45) is 8.17. The first-order valence-corrected chi connectivity index (χ1v) is 5.16. The van der Waals surface area contributed by atoms with Crippen molar-refractivity contribution >= 4 is 11.9 Å². The second kappa shape index (κ2) is 3.47. The zero-order chi connectivity index (χ0) is 11.8. The Morgan fingerprint density at radius 1 is 0.875 bits per heavy atom. The van der Waals surface area contributed by atoms with E-state index in [0.717, 1.165) is 0 Å². The smallest absolute Gasteiger partial charge is 0.319 e. The molecule has 0 aromatic carbocycles. The molecule has 0 radical (unpaired) electrons. The molecule has 0 amide bonds. The maximum atomic E-state index is 11.6. The molecular weight excluding hydrogens is 208 g/mol. The van der Waals surface area contributed by atoms with Crippen LogP contribution in [-0.4, -0.2) is 26.2 Å². The van der Waals surface area contributed by atoms with Crippen LogP contribution in [-0.2, 0) is 19.1 Å². The normalized spacial score (nSPS) is 34.9. The summed E-state index contributed by atoms with van der Waals surface area (Å²) in [6.45, 7) is 0. The molecule has 0 saturated carbocycles. The third kappa shape index (κ3) is 1.29. The molecule has 0 spiro atoms. The van der Waals surface area contributed by atoms with Gasteiger partial charge in [0.25, 0.3) is 0 Å². The van der Waals surface area contributed by atoms with E-state index in [1.54, 1.807) is 24.3 Å². The molecule has 4 heteroatoms. The number of carbonyl (C=O) groups excluding carboxylic acids is 2. The topological polar surface area (TPSA) is 52.6 Å². The molecule has 3 rings (SSSR count). The molecule has 0 unspecified atom stereocenters. The molecule has 4 nitrogen and oxygen atoms in total. The van der Waals surface area contributed by atoms with E-state index in [9.17, 15) is 9.59 Å². The Morgan fingerprint density at radius 2 is 1.19 bits per heavy atom. The van der Waals surface area contributed by atoms with Crippen LogP contribution in [0.1, 0.15) is 12.8 Å². The van der Waals surface area contributed by atoms with Gasteiger partial charge in [0.1, 0.15) is 10.8 Å². The van der Waals surface area contributed by atoms with Crippen LogP contribution in [0.3, 0.4) is 0 Å². The first kappa shape index (κ1) is 10.9. The van der Waals surface area contributed by atoms with Crippen LogP contribution < -0.4 is 0 Å². The standard InChI is InChI=1S/C12H14O4/c1-15-9(13)11-3-6-12(7-4-11,8-5-11)10(14)16-2/h3-4,6-7H,5,8H2,1-2H3. The Balaban J connectivity index is 2.32. The van der Waals surface area contributed by atoms with Gasteiger partial charge in [0.05, 0.1) is 14.2 Å². The minimum absolute atomic E-state index is 0.279. The van der Waals surface area contributed by atoms with Crippen LogP contribution in [0.15, 0.2) is 24.3 Å². The Hall–Kier alpha value is -1.58. The van der Waals surface area contributed by atoms with Gasteiger partial charge in [-0.2, -0.15) is 0 Å². The van der Waals surface area contributed by atoms with Gasteiger partial charge < -0.3 is 9.47 Å². The summed E-state index contributed by atoms with van der Waals surface area (Å²) in [7, 11) is 2.74. The highest BCUT2D eigenvalue weighted by atomic mass is 16.5. The van der Waals surface area contributed by atoms with Crippen molar-refractivity contribution in [1.82, 2.24) is 0 Å². The molecule has 2 bridgehead atoms. The number of carbonyl (C=O) groups is 2. The first-order valence-electron chi connectivity index (χ1n) is 5.16. The van der Waals surface area contributed by atoms with E-state index in [2.05, 4.69) is 0 Å². The largest absolute Gasteiger partial charge is 0.468 e. The number of rotatable bonds is 2. The average molecular weight is 222 g/mol. The van der Waals surface area contributed by atoms with Gasteiger partial charge in [-0.25, -0.2) is 0 Å². The summed E-state index contributed by atoms with van der Waals surface area (Å²) in [5, 5.41) is 0. The summed E-state index contributed by atoms with van der Waals surface area (Å²) in [6, 6.07) is 0. The molecular formula is C12H14O4. The van der Waals surface area contributed by atoms with Gasteiger partial charge in [0.15, 0.2) is 0 Å². The van der Waals surface area contributed by atoms with Crippen molar-refractivity contribution in [2.75, 3.05) is 14.2 Å². The maximum Gasteiger partial charge on any atom is 0.319 e. The highest BCUT2D eigenvalue weighted by molar-refractivity contribution is 5.88. The van der Waals surface area contributed by atoms with E-state index in [1.807, 2.05) is 0 Å². The average Bonchev–Trinajstić information content (AvgIpc) is 2.38. The quantitative estimate of drug-likeness (QED) is 0.521. The third-order valence-corrected chi connectivity index (χ3v) is 3.44.